The van der Waals surface area contributed by atoms with Gasteiger partial charge < -0.3 is 4.98 Å². The topological polar surface area (TPSA) is 28.1 Å². The van der Waals surface area contributed by atoms with Gasteiger partial charge in [-0.1, -0.05) is 19.1 Å². The Morgan fingerprint density at radius 2 is 1.76 bits per heavy atom. The van der Waals surface area contributed by atoms with Crippen LogP contribution in [0.5, 0.6) is 0 Å². The van der Waals surface area contributed by atoms with Gasteiger partial charge >= 0.3 is 0 Å². The Kier molecular flexibility index (Phi) is 3.97. The van der Waals surface area contributed by atoms with E-state index in [0.717, 1.165) is 28.2 Å². The highest BCUT2D eigenvalue weighted by Crippen LogP contribution is 2.18. The molecule has 0 radical (unpaired) electrons. The normalized spacial score (nSPS) is 11.8. The van der Waals surface area contributed by atoms with Crippen molar-refractivity contribution in [3.05, 3.63) is 70.1 Å². The van der Waals surface area contributed by atoms with Crippen molar-refractivity contribution >= 4 is 17.0 Å². The van der Waals surface area contributed by atoms with E-state index in [0.29, 0.717) is 0 Å². The molecule has 3 aromatic rings. The van der Waals surface area contributed by atoms with Gasteiger partial charge in [-0.3, -0.25) is 0 Å². The van der Waals surface area contributed by atoms with E-state index in [1.54, 1.807) is 12.1 Å². The molecule has 106 valence electrons. The first-order chi connectivity index (χ1) is 10.2. The van der Waals surface area contributed by atoms with Gasteiger partial charge in [0.2, 0.25) is 0 Å². The Balaban J connectivity index is 1.89. The van der Waals surface area contributed by atoms with E-state index in [-0.39, 0.29) is 5.82 Å². The molecule has 0 fully saturated rings. The summed E-state index contributed by atoms with van der Waals surface area (Å²) in [6.07, 6.45) is 1.03. The molecule has 0 bridgehead atoms. The Morgan fingerprint density at radius 3 is 2.43 bits per heavy atom. The van der Waals surface area contributed by atoms with E-state index < -0.39 is 0 Å². The Bertz CT molecular complexity index is 783. The van der Waals surface area contributed by atoms with Crippen LogP contribution in [-0.2, 0) is 6.42 Å². The summed E-state index contributed by atoms with van der Waals surface area (Å²) < 4.78 is 12.9. The van der Waals surface area contributed by atoms with Crippen LogP contribution in [0.25, 0.3) is 11.3 Å². The number of thiazole rings is 1. The van der Waals surface area contributed by atoms with Crippen LogP contribution in [0.1, 0.15) is 12.5 Å². The van der Waals surface area contributed by atoms with Gasteiger partial charge in [0, 0.05) is 5.38 Å². The number of H-pyrrole nitrogens is 1. The van der Waals surface area contributed by atoms with Crippen LogP contribution in [0.4, 0.5) is 10.1 Å². The molecule has 0 atom stereocenters. The number of nitrogens with one attached hydrogen (secondary N) is 1. The van der Waals surface area contributed by atoms with E-state index in [9.17, 15) is 4.39 Å². The lowest BCUT2D eigenvalue weighted by molar-refractivity contribution is 0.628. The minimum atomic E-state index is -0.227. The highest BCUT2D eigenvalue weighted by Gasteiger charge is 2.00. The van der Waals surface area contributed by atoms with Crippen molar-refractivity contribution in [3.63, 3.8) is 0 Å². The number of hydrogen-bond acceptors (Lipinski definition) is 2. The minimum absolute atomic E-state index is 0.227. The average Bonchev–Trinajstić information content (AvgIpc) is 2.97. The monoisotopic (exact) mass is 298 g/mol. The van der Waals surface area contributed by atoms with Crippen molar-refractivity contribution in [2.75, 3.05) is 0 Å². The lowest BCUT2D eigenvalue weighted by atomic mass is 10.2. The summed E-state index contributed by atoms with van der Waals surface area (Å²) in [5, 5.41) is 1.99. The first kappa shape index (κ1) is 13.8. The third kappa shape index (κ3) is 3.28. The molecule has 0 saturated heterocycles. The molecule has 2 nitrogen and oxygen atoms in total. The number of nitrogens with zero attached hydrogens (tertiary/aromatic N) is 1. The summed E-state index contributed by atoms with van der Waals surface area (Å²) in [6, 6.07) is 14.7. The zero-order chi connectivity index (χ0) is 14.7. The number of aromatic amines is 1. The minimum Gasteiger partial charge on any atom is -0.330 e. The van der Waals surface area contributed by atoms with Crippen molar-refractivity contribution in [1.29, 1.82) is 0 Å². The highest BCUT2D eigenvalue weighted by atomic mass is 32.1. The van der Waals surface area contributed by atoms with Crippen molar-refractivity contribution in [1.82, 2.24) is 4.98 Å². The van der Waals surface area contributed by atoms with Gasteiger partial charge in [0.05, 0.1) is 11.4 Å². The zero-order valence-electron chi connectivity index (χ0n) is 11.6. The molecule has 0 saturated carbocycles. The molecule has 0 aliphatic carbocycles. The molecule has 1 aromatic heterocycles. The predicted molar refractivity (Wildman–Crippen MR) is 85.1 cm³/mol. The Morgan fingerprint density at radius 1 is 1.05 bits per heavy atom. The summed E-state index contributed by atoms with van der Waals surface area (Å²) in [6.45, 7) is 2.13. The molecule has 0 aliphatic rings. The number of aromatic nitrogens is 1. The number of rotatable bonds is 3. The summed E-state index contributed by atoms with van der Waals surface area (Å²) in [5.41, 5.74) is 4.13. The smallest absolute Gasteiger partial charge is 0.187 e. The second kappa shape index (κ2) is 6.06. The van der Waals surface area contributed by atoms with E-state index in [2.05, 4.69) is 29.0 Å². The quantitative estimate of drug-likeness (QED) is 0.727. The summed E-state index contributed by atoms with van der Waals surface area (Å²) in [4.78, 5) is 8.66. The fourth-order valence-corrected chi connectivity index (χ4v) is 2.79. The van der Waals surface area contributed by atoms with Crippen LogP contribution < -0.4 is 4.80 Å². The molecular weight excluding hydrogens is 283 g/mol. The molecule has 2 aromatic carbocycles. The molecular formula is C17H15FN2S. The third-order valence-electron chi connectivity index (χ3n) is 3.26. The van der Waals surface area contributed by atoms with Crippen molar-refractivity contribution in [3.8, 4) is 11.3 Å². The molecule has 1 heterocycles. The number of hydrogen-bond donors (Lipinski definition) is 1. The van der Waals surface area contributed by atoms with Gasteiger partial charge in [0.15, 0.2) is 4.80 Å². The third-order valence-corrected chi connectivity index (χ3v) is 4.03. The summed E-state index contributed by atoms with van der Waals surface area (Å²) >= 11 is 1.54. The van der Waals surface area contributed by atoms with Gasteiger partial charge in [-0.25, -0.2) is 9.38 Å². The fourth-order valence-electron chi connectivity index (χ4n) is 2.04. The van der Waals surface area contributed by atoms with Crippen LogP contribution in [0.15, 0.2) is 58.9 Å². The molecule has 3 rings (SSSR count). The van der Waals surface area contributed by atoms with Gasteiger partial charge in [-0.2, -0.15) is 0 Å². The van der Waals surface area contributed by atoms with Crippen LogP contribution in [0.3, 0.4) is 0 Å². The predicted octanol–water partition coefficient (Wildman–Crippen LogP) is 4.68. The standard InChI is InChI=1S/C17H15FN2S/c1-2-12-3-9-15(10-4-12)19-17-20-16(11-21-17)13-5-7-14(18)8-6-13/h3-11H,2H2,1H3,(H,19,20). The van der Waals surface area contributed by atoms with Crippen molar-refractivity contribution in [2.24, 2.45) is 4.99 Å². The number of halogens is 1. The lowest BCUT2D eigenvalue weighted by Gasteiger charge is -1.97. The molecule has 0 unspecified atom stereocenters. The largest absolute Gasteiger partial charge is 0.330 e. The highest BCUT2D eigenvalue weighted by molar-refractivity contribution is 7.07. The molecule has 0 aliphatic heterocycles. The van der Waals surface area contributed by atoms with E-state index in [1.807, 2.05) is 17.5 Å². The van der Waals surface area contributed by atoms with Gasteiger partial charge in [-0.05, 0) is 53.9 Å². The summed E-state index contributed by atoms with van der Waals surface area (Å²) in [5.74, 6) is -0.227. The van der Waals surface area contributed by atoms with Crippen LogP contribution in [0.2, 0.25) is 0 Å². The first-order valence-corrected chi connectivity index (χ1v) is 7.70. The maximum Gasteiger partial charge on any atom is 0.187 e. The molecule has 4 heteroatoms. The Hall–Kier alpha value is -2.20. The molecule has 21 heavy (non-hydrogen) atoms. The second-order valence-electron chi connectivity index (χ2n) is 4.72. The van der Waals surface area contributed by atoms with Crippen LogP contribution in [-0.4, -0.2) is 4.98 Å². The van der Waals surface area contributed by atoms with Gasteiger partial charge in [-0.15, -0.1) is 11.3 Å². The van der Waals surface area contributed by atoms with Crippen LogP contribution in [0, 0.1) is 5.82 Å². The van der Waals surface area contributed by atoms with E-state index in [4.69, 9.17) is 0 Å². The average molecular weight is 298 g/mol. The van der Waals surface area contributed by atoms with Crippen LogP contribution >= 0.6 is 11.3 Å². The maximum absolute atomic E-state index is 12.9. The maximum atomic E-state index is 12.9. The lowest BCUT2D eigenvalue weighted by Crippen LogP contribution is -1.96. The van der Waals surface area contributed by atoms with E-state index in [1.165, 1.54) is 29.0 Å². The SMILES string of the molecule is CCc1ccc(N=c2[nH]c(-c3ccc(F)cc3)cs2)cc1. The van der Waals surface area contributed by atoms with Crippen molar-refractivity contribution < 1.29 is 4.39 Å². The van der Waals surface area contributed by atoms with Gasteiger partial charge in [0.25, 0.3) is 0 Å². The molecule has 0 spiro atoms. The molecule has 1 N–H and O–H groups in total. The Labute approximate surface area is 126 Å². The fraction of sp³-hybridized carbons (Fsp3) is 0.118. The van der Waals surface area contributed by atoms with Crippen molar-refractivity contribution in [2.45, 2.75) is 13.3 Å². The number of aryl methyl sites for hydroxylation is 1. The zero-order valence-corrected chi connectivity index (χ0v) is 12.5. The number of benzene rings is 2. The van der Waals surface area contributed by atoms with Gasteiger partial charge in [0.1, 0.15) is 5.82 Å². The second-order valence-corrected chi connectivity index (χ2v) is 5.58. The first-order valence-electron chi connectivity index (χ1n) is 6.82. The molecule has 0 amide bonds. The van der Waals surface area contributed by atoms with E-state index >= 15 is 0 Å². The summed E-state index contributed by atoms with van der Waals surface area (Å²) in [7, 11) is 0.